The van der Waals surface area contributed by atoms with Crippen LogP contribution in [-0.2, 0) is 11.3 Å². The fourth-order valence-electron chi connectivity index (χ4n) is 3.24. The number of aryl methyl sites for hydroxylation is 1. The molecule has 0 amide bonds. The summed E-state index contributed by atoms with van der Waals surface area (Å²) in [6, 6.07) is 6.26. The lowest BCUT2D eigenvalue weighted by atomic mass is 9.83. The van der Waals surface area contributed by atoms with Crippen LogP contribution < -0.4 is 15.4 Å². The molecule has 0 spiro atoms. The maximum atomic E-state index is 9.80. The Bertz CT molecular complexity index is 615. The smallest absolute Gasteiger partial charge is 0.191 e. The van der Waals surface area contributed by atoms with E-state index in [0.717, 1.165) is 49.7 Å². The van der Waals surface area contributed by atoms with Crippen molar-refractivity contribution in [1.82, 2.24) is 10.6 Å². The van der Waals surface area contributed by atoms with Crippen LogP contribution in [0.3, 0.4) is 0 Å². The Morgan fingerprint density at radius 2 is 2.07 bits per heavy atom. The van der Waals surface area contributed by atoms with E-state index in [1.54, 1.807) is 0 Å². The van der Waals surface area contributed by atoms with E-state index in [2.05, 4.69) is 56.5 Å². The van der Waals surface area contributed by atoms with Gasteiger partial charge in [0.25, 0.3) is 0 Å². The normalized spacial score (nSPS) is 17.6. The van der Waals surface area contributed by atoms with Crippen molar-refractivity contribution in [2.45, 2.75) is 59.6 Å². The Morgan fingerprint density at radius 1 is 1.29 bits per heavy atom. The van der Waals surface area contributed by atoms with Gasteiger partial charge in [0, 0.05) is 30.5 Å². The Labute approximate surface area is 169 Å². The van der Waals surface area contributed by atoms with E-state index >= 15 is 0 Å². The molecule has 1 unspecified atom stereocenters. The third-order valence-electron chi connectivity index (χ3n) is 5.62. The molecular formula is C22H37N3O3. The number of nitrogens with one attached hydrogen (secondary N) is 2. The van der Waals surface area contributed by atoms with Crippen LogP contribution in [0.15, 0.2) is 23.2 Å². The average molecular weight is 392 g/mol. The standard InChI is InChI=1S/C22H37N3O3/c1-5-22(6-2,16-26)15-25-21(23-7-3)24-13-18-9-8-17(4)12-20(18)28-19-10-11-27-14-19/h8-9,12,19,26H,5-7,10-11,13-16H2,1-4H3,(H2,23,24,25). The number of guanidine groups is 1. The molecule has 1 aromatic carbocycles. The van der Waals surface area contributed by atoms with E-state index in [1.807, 2.05) is 0 Å². The molecule has 0 bridgehead atoms. The number of rotatable bonds is 10. The van der Waals surface area contributed by atoms with Gasteiger partial charge in [0.1, 0.15) is 11.9 Å². The molecule has 158 valence electrons. The molecule has 0 radical (unpaired) electrons. The first-order valence-corrected chi connectivity index (χ1v) is 10.5. The molecule has 0 saturated carbocycles. The minimum atomic E-state index is -0.114. The van der Waals surface area contributed by atoms with Gasteiger partial charge in [-0.25, -0.2) is 4.99 Å². The molecule has 28 heavy (non-hydrogen) atoms. The number of aliphatic hydroxyl groups excluding tert-OH is 1. The minimum absolute atomic E-state index is 0.114. The molecule has 0 aliphatic carbocycles. The lowest BCUT2D eigenvalue weighted by Gasteiger charge is -2.30. The van der Waals surface area contributed by atoms with Gasteiger partial charge >= 0.3 is 0 Å². The number of nitrogens with zero attached hydrogens (tertiary/aromatic N) is 1. The summed E-state index contributed by atoms with van der Waals surface area (Å²) in [5.41, 5.74) is 2.12. The molecule has 1 heterocycles. The van der Waals surface area contributed by atoms with Crippen molar-refractivity contribution < 1.29 is 14.6 Å². The first-order valence-electron chi connectivity index (χ1n) is 10.5. The van der Waals surface area contributed by atoms with Crippen LogP contribution in [0.4, 0.5) is 0 Å². The second-order valence-corrected chi connectivity index (χ2v) is 7.63. The number of aliphatic hydroxyl groups is 1. The van der Waals surface area contributed by atoms with Crippen molar-refractivity contribution in [1.29, 1.82) is 0 Å². The zero-order valence-electron chi connectivity index (χ0n) is 17.9. The molecule has 0 aromatic heterocycles. The summed E-state index contributed by atoms with van der Waals surface area (Å²) in [5, 5.41) is 16.5. The van der Waals surface area contributed by atoms with Crippen molar-refractivity contribution >= 4 is 5.96 Å². The first-order chi connectivity index (χ1) is 13.6. The SMILES string of the molecule is CCNC(=NCc1ccc(C)cc1OC1CCOC1)NCC(CC)(CC)CO. The topological polar surface area (TPSA) is 75.1 Å². The molecule has 1 saturated heterocycles. The highest BCUT2D eigenvalue weighted by atomic mass is 16.5. The van der Waals surface area contributed by atoms with Gasteiger partial charge in [-0.3, -0.25) is 0 Å². The molecule has 2 rings (SSSR count). The molecule has 6 nitrogen and oxygen atoms in total. The van der Waals surface area contributed by atoms with Crippen molar-refractivity contribution in [2.75, 3.05) is 32.9 Å². The maximum absolute atomic E-state index is 9.80. The number of hydrogen-bond acceptors (Lipinski definition) is 4. The van der Waals surface area contributed by atoms with Crippen LogP contribution in [-0.4, -0.2) is 50.1 Å². The van der Waals surface area contributed by atoms with Crippen LogP contribution >= 0.6 is 0 Å². The van der Waals surface area contributed by atoms with Crippen LogP contribution in [0, 0.1) is 12.3 Å². The van der Waals surface area contributed by atoms with Gasteiger partial charge in [0.05, 0.1) is 26.4 Å². The maximum Gasteiger partial charge on any atom is 0.191 e. The molecule has 6 heteroatoms. The molecular weight excluding hydrogens is 354 g/mol. The lowest BCUT2D eigenvalue weighted by molar-refractivity contribution is 0.118. The fraction of sp³-hybridized carbons (Fsp3) is 0.682. The predicted molar refractivity (Wildman–Crippen MR) is 114 cm³/mol. The molecule has 1 aliphatic heterocycles. The summed E-state index contributed by atoms with van der Waals surface area (Å²) >= 11 is 0. The third-order valence-corrected chi connectivity index (χ3v) is 5.62. The van der Waals surface area contributed by atoms with Crippen molar-refractivity contribution in [3.05, 3.63) is 29.3 Å². The van der Waals surface area contributed by atoms with Crippen molar-refractivity contribution in [3.8, 4) is 5.75 Å². The summed E-state index contributed by atoms with van der Waals surface area (Å²) in [6.07, 6.45) is 2.89. The van der Waals surface area contributed by atoms with Gasteiger partial charge in [0.2, 0.25) is 0 Å². The second kappa shape index (κ2) is 11.3. The van der Waals surface area contributed by atoms with E-state index in [4.69, 9.17) is 14.5 Å². The third kappa shape index (κ3) is 6.38. The quantitative estimate of drug-likeness (QED) is 0.422. The zero-order chi connectivity index (χ0) is 20.4. The largest absolute Gasteiger partial charge is 0.488 e. The minimum Gasteiger partial charge on any atom is -0.488 e. The van der Waals surface area contributed by atoms with Gasteiger partial charge in [-0.2, -0.15) is 0 Å². The van der Waals surface area contributed by atoms with Gasteiger partial charge in [-0.05, 0) is 38.3 Å². The highest BCUT2D eigenvalue weighted by molar-refractivity contribution is 5.79. The van der Waals surface area contributed by atoms with Crippen molar-refractivity contribution in [2.24, 2.45) is 10.4 Å². The van der Waals surface area contributed by atoms with Crippen LogP contribution in [0.5, 0.6) is 5.75 Å². The molecule has 1 atom stereocenters. The van der Waals surface area contributed by atoms with E-state index in [1.165, 1.54) is 5.56 Å². The summed E-state index contributed by atoms with van der Waals surface area (Å²) < 4.78 is 11.6. The van der Waals surface area contributed by atoms with E-state index in [-0.39, 0.29) is 18.1 Å². The molecule has 1 fully saturated rings. The Balaban J connectivity index is 2.09. The second-order valence-electron chi connectivity index (χ2n) is 7.63. The number of ether oxygens (including phenoxy) is 2. The highest BCUT2D eigenvalue weighted by Gasteiger charge is 2.25. The van der Waals surface area contributed by atoms with Crippen LogP contribution in [0.25, 0.3) is 0 Å². The number of aliphatic imine (C=N–C) groups is 1. The fourth-order valence-corrected chi connectivity index (χ4v) is 3.24. The monoisotopic (exact) mass is 391 g/mol. The van der Waals surface area contributed by atoms with Gasteiger partial charge in [-0.15, -0.1) is 0 Å². The molecule has 1 aromatic rings. The number of benzene rings is 1. The van der Waals surface area contributed by atoms with Gasteiger partial charge < -0.3 is 25.2 Å². The summed E-state index contributed by atoms with van der Waals surface area (Å²) in [4.78, 5) is 4.76. The van der Waals surface area contributed by atoms with Crippen molar-refractivity contribution in [3.63, 3.8) is 0 Å². The van der Waals surface area contributed by atoms with Crippen LogP contribution in [0.2, 0.25) is 0 Å². The zero-order valence-corrected chi connectivity index (χ0v) is 17.9. The van der Waals surface area contributed by atoms with E-state index in [9.17, 15) is 5.11 Å². The van der Waals surface area contributed by atoms with Gasteiger partial charge in [0.15, 0.2) is 5.96 Å². The van der Waals surface area contributed by atoms with E-state index < -0.39 is 0 Å². The number of hydrogen-bond donors (Lipinski definition) is 3. The molecule has 3 N–H and O–H groups in total. The lowest BCUT2D eigenvalue weighted by Crippen LogP contribution is -2.44. The summed E-state index contributed by atoms with van der Waals surface area (Å²) in [7, 11) is 0. The van der Waals surface area contributed by atoms with Gasteiger partial charge in [-0.1, -0.05) is 26.0 Å². The summed E-state index contributed by atoms with van der Waals surface area (Å²) in [5.74, 6) is 1.65. The predicted octanol–water partition coefficient (Wildman–Crippen LogP) is 3.02. The Morgan fingerprint density at radius 3 is 2.68 bits per heavy atom. The Hall–Kier alpha value is -1.79. The van der Waals surface area contributed by atoms with E-state index in [0.29, 0.717) is 19.7 Å². The first kappa shape index (κ1) is 22.5. The molecule has 1 aliphatic rings. The highest BCUT2D eigenvalue weighted by Crippen LogP contribution is 2.25. The Kier molecular flexibility index (Phi) is 9.06. The van der Waals surface area contributed by atoms with Crippen LogP contribution in [0.1, 0.15) is 51.2 Å². The summed E-state index contributed by atoms with van der Waals surface area (Å²) in [6.45, 7) is 12.0. The average Bonchev–Trinajstić information content (AvgIpc) is 3.21.